The predicted octanol–water partition coefficient (Wildman–Crippen LogP) is 2.41. The van der Waals surface area contributed by atoms with E-state index >= 15 is 0 Å². The Balaban J connectivity index is 0.00000225. The summed E-state index contributed by atoms with van der Waals surface area (Å²) in [5.41, 5.74) is 3.52. The molecule has 1 atom stereocenters. The van der Waals surface area contributed by atoms with Crippen LogP contribution in [0.15, 0.2) is 24.3 Å². The van der Waals surface area contributed by atoms with Gasteiger partial charge < -0.3 is 10.2 Å². The molecule has 1 fully saturated rings. The number of rotatable bonds is 3. The van der Waals surface area contributed by atoms with Gasteiger partial charge in [-0.1, -0.05) is 0 Å². The standard InChI is InChI=1S/C18H23FN4O.ClH/c1-12-11-20-8-9-22(12)18(24)10-17-13(2)21-23(14(17)3)16-6-4-15(19)5-7-16;/h4-7,12,20H,8-11H2,1-3H3;1H/t12-;/m0./s1. The molecule has 1 amide bonds. The van der Waals surface area contributed by atoms with Crippen molar-refractivity contribution in [3.8, 4) is 5.69 Å². The quantitative estimate of drug-likeness (QED) is 0.907. The van der Waals surface area contributed by atoms with Gasteiger partial charge in [0.15, 0.2) is 0 Å². The summed E-state index contributed by atoms with van der Waals surface area (Å²) in [6.45, 7) is 8.33. The van der Waals surface area contributed by atoms with Gasteiger partial charge in [0.2, 0.25) is 5.91 Å². The van der Waals surface area contributed by atoms with Crippen LogP contribution < -0.4 is 5.32 Å². The van der Waals surface area contributed by atoms with E-state index in [4.69, 9.17) is 0 Å². The average Bonchev–Trinajstić information content (AvgIpc) is 2.84. The van der Waals surface area contributed by atoms with Crippen molar-refractivity contribution in [2.45, 2.75) is 33.2 Å². The molecule has 1 saturated heterocycles. The molecular weight excluding hydrogens is 343 g/mol. The van der Waals surface area contributed by atoms with Crippen LogP contribution >= 0.6 is 12.4 Å². The van der Waals surface area contributed by atoms with Gasteiger partial charge in [-0.05, 0) is 45.0 Å². The number of aromatic nitrogens is 2. The van der Waals surface area contributed by atoms with Crippen molar-refractivity contribution < 1.29 is 9.18 Å². The Labute approximate surface area is 153 Å². The zero-order chi connectivity index (χ0) is 17.3. The Hall–Kier alpha value is -1.92. The highest BCUT2D eigenvalue weighted by molar-refractivity contribution is 5.85. The van der Waals surface area contributed by atoms with Crippen molar-refractivity contribution in [1.29, 1.82) is 0 Å². The summed E-state index contributed by atoms with van der Waals surface area (Å²) in [6, 6.07) is 6.43. The summed E-state index contributed by atoms with van der Waals surface area (Å²) in [7, 11) is 0. The van der Waals surface area contributed by atoms with E-state index in [2.05, 4.69) is 17.3 Å². The van der Waals surface area contributed by atoms with Crippen molar-refractivity contribution in [2.75, 3.05) is 19.6 Å². The molecule has 25 heavy (non-hydrogen) atoms. The van der Waals surface area contributed by atoms with Crippen LogP contribution in [-0.2, 0) is 11.2 Å². The van der Waals surface area contributed by atoms with Gasteiger partial charge in [0.05, 0.1) is 17.8 Å². The topological polar surface area (TPSA) is 50.2 Å². The number of amides is 1. The molecule has 1 aliphatic rings. The molecule has 0 bridgehead atoms. The number of carbonyl (C=O) groups excluding carboxylic acids is 1. The fourth-order valence-corrected chi connectivity index (χ4v) is 3.23. The zero-order valence-electron chi connectivity index (χ0n) is 14.8. The van der Waals surface area contributed by atoms with Crippen LogP contribution in [0.1, 0.15) is 23.9 Å². The molecule has 136 valence electrons. The van der Waals surface area contributed by atoms with Gasteiger partial charge in [-0.15, -0.1) is 12.4 Å². The summed E-state index contributed by atoms with van der Waals surface area (Å²) in [6.07, 6.45) is 0.350. The second-order valence-electron chi connectivity index (χ2n) is 6.35. The lowest BCUT2D eigenvalue weighted by molar-refractivity contribution is -0.133. The third-order valence-corrected chi connectivity index (χ3v) is 4.66. The Morgan fingerprint density at radius 1 is 1.32 bits per heavy atom. The minimum absolute atomic E-state index is 0. The second kappa shape index (κ2) is 7.97. The lowest BCUT2D eigenvalue weighted by Gasteiger charge is -2.34. The van der Waals surface area contributed by atoms with Crippen molar-refractivity contribution >= 4 is 18.3 Å². The largest absolute Gasteiger partial charge is 0.337 e. The summed E-state index contributed by atoms with van der Waals surface area (Å²) in [5.74, 6) is -0.141. The molecule has 0 aliphatic carbocycles. The van der Waals surface area contributed by atoms with E-state index in [1.165, 1.54) is 12.1 Å². The maximum atomic E-state index is 13.1. The number of halogens is 2. The van der Waals surface area contributed by atoms with Crippen LogP contribution in [0, 0.1) is 19.7 Å². The number of hydrogen-bond donors (Lipinski definition) is 1. The van der Waals surface area contributed by atoms with Gasteiger partial charge in [0.25, 0.3) is 0 Å². The van der Waals surface area contributed by atoms with E-state index in [0.29, 0.717) is 6.42 Å². The summed E-state index contributed by atoms with van der Waals surface area (Å²) in [4.78, 5) is 14.6. The van der Waals surface area contributed by atoms with Crippen LogP contribution in [-0.4, -0.2) is 46.3 Å². The highest BCUT2D eigenvalue weighted by atomic mass is 35.5. The number of nitrogens with one attached hydrogen (secondary N) is 1. The minimum Gasteiger partial charge on any atom is -0.337 e. The molecule has 2 heterocycles. The fraction of sp³-hybridized carbons (Fsp3) is 0.444. The number of carbonyl (C=O) groups is 1. The van der Waals surface area contributed by atoms with Crippen LogP contribution in [0.4, 0.5) is 4.39 Å². The molecule has 0 spiro atoms. The molecule has 3 rings (SSSR count). The highest BCUT2D eigenvalue weighted by Crippen LogP contribution is 2.20. The second-order valence-corrected chi connectivity index (χ2v) is 6.35. The minimum atomic E-state index is -0.275. The smallest absolute Gasteiger partial charge is 0.227 e. The highest BCUT2D eigenvalue weighted by Gasteiger charge is 2.25. The molecule has 0 unspecified atom stereocenters. The first-order chi connectivity index (χ1) is 11.5. The summed E-state index contributed by atoms with van der Waals surface area (Å²) >= 11 is 0. The lowest BCUT2D eigenvalue weighted by Crippen LogP contribution is -2.52. The van der Waals surface area contributed by atoms with Gasteiger partial charge in [-0.25, -0.2) is 9.07 Å². The molecule has 1 N–H and O–H groups in total. The first-order valence-corrected chi connectivity index (χ1v) is 8.28. The van der Waals surface area contributed by atoms with Crippen molar-refractivity contribution in [2.24, 2.45) is 0 Å². The summed E-state index contributed by atoms with van der Waals surface area (Å²) < 4.78 is 14.9. The molecular formula is C18H24ClFN4O. The molecule has 1 aromatic carbocycles. The third-order valence-electron chi connectivity index (χ3n) is 4.66. The predicted molar refractivity (Wildman–Crippen MR) is 98.0 cm³/mol. The van der Waals surface area contributed by atoms with Crippen LogP contribution in [0.2, 0.25) is 0 Å². The Morgan fingerprint density at radius 3 is 2.64 bits per heavy atom. The summed E-state index contributed by atoms with van der Waals surface area (Å²) in [5, 5.41) is 7.83. The molecule has 1 aliphatic heterocycles. The van der Waals surface area contributed by atoms with E-state index in [1.54, 1.807) is 16.8 Å². The number of aryl methyl sites for hydroxylation is 1. The fourth-order valence-electron chi connectivity index (χ4n) is 3.23. The average molecular weight is 367 g/mol. The SMILES string of the molecule is Cc1nn(-c2ccc(F)cc2)c(C)c1CC(=O)N1CCNC[C@@H]1C.Cl. The lowest BCUT2D eigenvalue weighted by atomic mass is 10.1. The molecule has 5 nitrogen and oxygen atoms in total. The van der Waals surface area contributed by atoms with E-state index in [0.717, 1.165) is 42.3 Å². The van der Waals surface area contributed by atoms with Crippen molar-refractivity contribution in [3.05, 3.63) is 47.0 Å². The number of piperazine rings is 1. The van der Waals surface area contributed by atoms with E-state index < -0.39 is 0 Å². The molecule has 7 heteroatoms. The maximum Gasteiger partial charge on any atom is 0.227 e. The van der Waals surface area contributed by atoms with Gasteiger partial charge in [0, 0.05) is 36.9 Å². The van der Waals surface area contributed by atoms with Gasteiger partial charge in [-0.2, -0.15) is 5.10 Å². The molecule has 2 aromatic rings. The molecule has 1 aromatic heterocycles. The van der Waals surface area contributed by atoms with Gasteiger partial charge in [-0.3, -0.25) is 4.79 Å². The van der Waals surface area contributed by atoms with E-state index in [-0.39, 0.29) is 30.2 Å². The third kappa shape index (κ3) is 4.02. The van der Waals surface area contributed by atoms with Crippen molar-refractivity contribution in [1.82, 2.24) is 20.0 Å². The van der Waals surface area contributed by atoms with Gasteiger partial charge in [0.1, 0.15) is 5.82 Å². The van der Waals surface area contributed by atoms with E-state index in [9.17, 15) is 9.18 Å². The number of hydrogen-bond acceptors (Lipinski definition) is 3. The molecule has 0 saturated carbocycles. The Kier molecular flexibility index (Phi) is 6.19. The van der Waals surface area contributed by atoms with E-state index in [1.807, 2.05) is 18.7 Å². The molecule has 0 radical (unpaired) electrons. The number of nitrogens with zero attached hydrogens (tertiary/aromatic N) is 3. The van der Waals surface area contributed by atoms with Crippen LogP contribution in [0.5, 0.6) is 0 Å². The number of benzene rings is 1. The zero-order valence-corrected chi connectivity index (χ0v) is 15.6. The van der Waals surface area contributed by atoms with Crippen LogP contribution in [0.25, 0.3) is 5.69 Å². The normalized spacial score (nSPS) is 17.3. The van der Waals surface area contributed by atoms with Crippen molar-refractivity contribution in [3.63, 3.8) is 0 Å². The Morgan fingerprint density at radius 2 is 2.00 bits per heavy atom. The Bertz CT molecular complexity index is 744. The first kappa shape index (κ1) is 19.4. The van der Waals surface area contributed by atoms with Gasteiger partial charge >= 0.3 is 0 Å². The first-order valence-electron chi connectivity index (χ1n) is 8.28. The monoisotopic (exact) mass is 366 g/mol. The maximum absolute atomic E-state index is 13.1. The van der Waals surface area contributed by atoms with Crippen LogP contribution in [0.3, 0.4) is 0 Å².